The number of hydrogen-bond acceptors (Lipinski definition) is 1. The van der Waals surface area contributed by atoms with E-state index in [1.54, 1.807) is 0 Å². The summed E-state index contributed by atoms with van der Waals surface area (Å²) in [6.45, 7) is 6.60. The van der Waals surface area contributed by atoms with Gasteiger partial charge in [-0.2, -0.15) is 0 Å². The first kappa shape index (κ1) is 15.3. The number of amides is 1. The maximum atomic E-state index is 12.0. The van der Waals surface area contributed by atoms with Crippen LogP contribution in [0.3, 0.4) is 0 Å². The highest BCUT2D eigenvalue weighted by Crippen LogP contribution is 2.13. The number of carbonyl (C=O) groups excluding carboxylic acids is 1. The van der Waals surface area contributed by atoms with Crippen LogP contribution in [0.25, 0.3) is 0 Å². The third kappa shape index (κ3) is 4.72. The molecule has 2 rings (SSSR count). The number of anilines is 1. The molecule has 0 fully saturated rings. The van der Waals surface area contributed by atoms with E-state index >= 15 is 0 Å². The summed E-state index contributed by atoms with van der Waals surface area (Å²) in [5.41, 5.74) is 4.42. The molecule has 0 bridgehead atoms. The predicted molar refractivity (Wildman–Crippen MR) is 86.2 cm³/mol. The summed E-state index contributed by atoms with van der Waals surface area (Å²) >= 11 is 0. The van der Waals surface area contributed by atoms with Crippen LogP contribution in [-0.4, -0.2) is 12.5 Å². The van der Waals surface area contributed by atoms with Gasteiger partial charge in [0.05, 0.1) is 0 Å². The number of hydrogen-bond donors (Lipinski definition) is 2. The van der Waals surface area contributed by atoms with E-state index in [9.17, 15) is 4.79 Å². The lowest BCUT2D eigenvalue weighted by molar-refractivity contribution is -0.682. The van der Waals surface area contributed by atoms with Crippen LogP contribution in [0.2, 0.25) is 0 Å². The minimum Gasteiger partial charge on any atom is -0.333 e. The summed E-state index contributed by atoms with van der Waals surface area (Å²) in [5.74, 6) is 0.0304. The van der Waals surface area contributed by atoms with Crippen LogP contribution in [-0.2, 0) is 4.79 Å². The fourth-order valence-electron chi connectivity index (χ4n) is 2.44. The lowest BCUT2D eigenvalue weighted by Gasteiger charge is -2.11. The first-order valence-corrected chi connectivity index (χ1v) is 7.31. The molecule has 110 valence electrons. The van der Waals surface area contributed by atoms with Gasteiger partial charge in [0.1, 0.15) is 6.04 Å². The van der Waals surface area contributed by atoms with Crippen molar-refractivity contribution in [3.63, 3.8) is 0 Å². The number of nitrogens with two attached hydrogens (primary N) is 1. The van der Waals surface area contributed by atoms with Gasteiger partial charge in [0.2, 0.25) is 0 Å². The summed E-state index contributed by atoms with van der Waals surface area (Å²) in [7, 11) is 0. The molecule has 0 aliphatic heterocycles. The monoisotopic (exact) mass is 283 g/mol. The standard InChI is InChI=1S/C18H22N2O/c1-13-9-14(2)11-17(10-13)20-18(21)12-19-15(3)16-7-5-4-6-8-16/h4-11,15,19H,12H2,1-3H3,(H,20,21)/p+1/t15-/m1/s1. The Kier molecular flexibility index (Phi) is 5.12. The summed E-state index contributed by atoms with van der Waals surface area (Å²) in [5, 5.41) is 5.01. The molecule has 3 nitrogen and oxygen atoms in total. The van der Waals surface area contributed by atoms with Crippen LogP contribution in [0, 0.1) is 13.8 Å². The SMILES string of the molecule is Cc1cc(C)cc(NC(=O)C[NH2+][C@H](C)c2ccccc2)c1. The van der Waals surface area contributed by atoms with Crippen molar-refractivity contribution in [2.45, 2.75) is 26.8 Å². The Balaban J connectivity index is 1.87. The lowest BCUT2D eigenvalue weighted by Crippen LogP contribution is -2.86. The van der Waals surface area contributed by atoms with Crippen molar-refractivity contribution in [1.29, 1.82) is 0 Å². The predicted octanol–water partition coefficient (Wildman–Crippen LogP) is 2.57. The van der Waals surface area contributed by atoms with Gasteiger partial charge in [-0.05, 0) is 44.0 Å². The third-order valence-electron chi connectivity index (χ3n) is 3.49. The molecular weight excluding hydrogens is 260 g/mol. The minimum atomic E-state index is 0.0304. The van der Waals surface area contributed by atoms with E-state index in [0.717, 1.165) is 16.8 Å². The van der Waals surface area contributed by atoms with Crippen LogP contribution < -0.4 is 10.6 Å². The van der Waals surface area contributed by atoms with E-state index in [2.05, 4.69) is 30.4 Å². The lowest BCUT2D eigenvalue weighted by atomic mass is 10.1. The Hall–Kier alpha value is -2.13. The number of carbonyl (C=O) groups is 1. The van der Waals surface area contributed by atoms with Crippen molar-refractivity contribution in [2.24, 2.45) is 0 Å². The zero-order valence-corrected chi connectivity index (χ0v) is 12.9. The second-order valence-electron chi connectivity index (χ2n) is 5.56. The zero-order chi connectivity index (χ0) is 15.2. The van der Waals surface area contributed by atoms with Gasteiger partial charge >= 0.3 is 0 Å². The highest BCUT2D eigenvalue weighted by molar-refractivity contribution is 5.91. The van der Waals surface area contributed by atoms with Gasteiger partial charge in [0, 0.05) is 11.3 Å². The molecule has 0 aliphatic carbocycles. The molecule has 3 heteroatoms. The van der Waals surface area contributed by atoms with Crippen LogP contribution in [0.15, 0.2) is 48.5 Å². The Labute approximate surface area is 126 Å². The summed E-state index contributed by atoms with van der Waals surface area (Å²) in [6.07, 6.45) is 0. The van der Waals surface area contributed by atoms with Gasteiger partial charge in [-0.1, -0.05) is 36.4 Å². The summed E-state index contributed by atoms with van der Waals surface area (Å²) in [6, 6.07) is 16.6. The molecule has 2 aromatic rings. The van der Waals surface area contributed by atoms with Gasteiger partial charge in [-0.15, -0.1) is 0 Å². The maximum Gasteiger partial charge on any atom is 0.279 e. The Morgan fingerprint density at radius 3 is 2.33 bits per heavy atom. The third-order valence-corrected chi connectivity index (χ3v) is 3.49. The molecule has 0 aromatic heterocycles. The molecule has 2 aromatic carbocycles. The Morgan fingerprint density at radius 1 is 1.10 bits per heavy atom. The number of quaternary nitrogens is 1. The van der Waals surface area contributed by atoms with E-state index < -0.39 is 0 Å². The van der Waals surface area contributed by atoms with E-state index in [1.165, 1.54) is 5.56 Å². The van der Waals surface area contributed by atoms with E-state index in [-0.39, 0.29) is 11.9 Å². The summed E-state index contributed by atoms with van der Waals surface area (Å²) < 4.78 is 0. The minimum absolute atomic E-state index is 0.0304. The summed E-state index contributed by atoms with van der Waals surface area (Å²) in [4.78, 5) is 12.0. The molecule has 0 aliphatic rings. The zero-order valence-electron chi connectivity index (χ0n) is 12.9. The molecule has 1 amide bonds. The van der Waals surface area contributed by atoms with Gasteiger partial charge in [-0.3, -0.25) is 4.79 Å². The highest BCUT2D eigenvalue weighted by Gasteiger charge is 2.11. The van der Waals surface area contributed by atoms with Crippen LogP contribution >= 0.6 is 0 Å². The van der Waals surface area contributed by atoms with E-state index in [4.69, 9.17) is 0 Å². The van der Waals surface area contributed by atoms with E-state index in [1.807, 2.05) is 49.5 Å². The molecule has 1 atom stereocenters. The number of aryl methyl sites for hydroxylation is 2. The Morgan fingerprint density at radius 2 is 1.71 bits per heavy atom. The smallest absolute Gasteiger partial charge is 0.279 e. The first-order valence-electron chi connectivity index (χ1n) is 7.31. The van der Waals surface area contributed by atoms with Crippen molar-refractivity contribution in [1.82, 2.24) is 0 Å². The molecule has 0 spiro atoms. The molecule has 0 unspecified atom stereocenters. The van der Waals surface area contributed by atoms with E-state index in [0.29, 0.717) is 6.54 Å². The molecule has 21 heavy (non-hydrogen) atoms. The van der Waals surface area contributed by atoms with Gasteiger partial charge in [0.25, 0.3) is 5.91 Å². The van der Waals surface area contributed by atoms with Gasteiger partial charge in [-0.25, -0.2) is 0 Å². The molecule has 3 N–H and O–H groups in total. The van der Waals surface area contributed by atoms with Crippen LogP contribution in [0.5, 0.6) is 0 Å². The van der Waals surface area contributed by atoms with Crippen molar-refractivity contribution in [2.75, 3.05) is 11.9 Å². The number of nitrogens with one attached hydrogen (secondary N) is 1. The van der Waals surface area contributed by atoms with Gasteiger partial charge in [0.15, 0.2) is 6.54 Å². The molecule has 0 heterocycles. The fourth-order valence-corrected chi connectivity index (χ4v) is 2.44. The van der Waals surface area contributed by atoms with Crippen molar-refractivity contribution < 1.29 is 10.1 Å². The molecule has 0 saturated heterocycles. The highest BCUT2D eigenvalue weighted by atomic mass is 16.1. The Bertz CT molecular complexity index is 588. The topological polar surface area (TPSA) is 45.7 Å². The number of rotatable bonds is 5. The number of benzene rings is 2. The largest absolute Gasteiger partial charge is 0.333 e. The van der Waals surface area contributed by atoms with Gasteiger partial charge < -0.3 is 10.6 Å². The van der Waals surface area contributed by atoms with Crippen molar-refractivity contribution in [3.05, 3.63) is 65.2 Å². The quantitative estimate of drug-likeness (QED) is 0.870. The second-order valence-corrected chi connectivity index (χ2v) is 5.56. The first-order chi connectivity index (χ1) is 10.0. The molecule has 0 saturated carbocycles. The fraction of sp³-hybridized carbons (Fsp3) is 0.278. The molecule has 0 radical (unpaired) electrons. The average Bonchev–Trinajstić information content (AvgIpc) is 2.44. The maximum absolute atomic E-state index is 12.0. The normalized spacial score (nSPS) is 12.0. The molecular formula is C18H23N2O+. The van der Waals surface area contributed by atoms with Crippen molar-refractivity contribution >= 4 is 11.6 Å². The van der Waals surface area contributed by atoms with Crippen LogP contribution in [0.1, 0.15) is 29.7 Å². The van der Waals surface area contributed by atoms with Crippen LogP contribution in [0.4, 0.5) is 5.69 Å². The average molecular weight is 283 g/mol. The second kappa shape index (κ2) is 7.04. The van der Waals surface area contributed by atoms with Crippen molar-refractivity contribution in [3.8, 4) is 0 Å².